The second-order valence-electron chi connectivity index (χ2n) is 6.22. The standard InChI is InChI=1S/C22H22IN/c1-17-14-22(18(2)13-21(17)23)24(15-19-9-5-3-6-10-19)16-20-11-7-4-8-12-20/h3-14H,15-16H2,1-2H3. The van der Waals surface area contributed by atoms with Crippen LogP contribution in [0.4, 0.5) is 5.69 Å². The minimum Gasteiger partial charge on any atom is -0.363 e. The zero-order chi connectivity index (χ0) is 16.9. The van der Waals surface area contributed by atoms with Gasteiger partial charge in [0.05, 0.1) is 0 Å². The summed E-state index contributed by atoms with van der Waals surface area (Å²) in [5, 5.41) is 0. The average Bonchev–Trinajstić information content (AvgIpc) is 2.59. The van der Waals surface area contributed by atoms with Crippen molar-refractivity contribution in [3.05, 3.63) is 98.6 Å². The number of benzene rings is 3. The highest BCUT2D eigenvalue weighted by molar-refractivity contribution is 14.1. The summed E-state index contributed by atoms with van der Waals surface area (Å²) < 4.78 is 1.33. The molecule has 0 saturated heterocycles. The molecule has 1 nitrogen and oxygen atoms in total. The van der Waals surface area contributed by atoms with Crippen LogP contribution in [0.15, 0.2) is 72.8 Å². The van der Waals surface area contributed by atoms with Gasteiger partial charge in [0.25, 0.3) is 0 Å². The van der Waals surface area contributed by atoms with Crippen molar-refractivity contribution in [1.82, 2.24) is 0 Å². The molecule has 3 aromatic carbocycles. The number of anilines is 1. The van der Waals surface area contributed by atoms with E-state index in [-0.39, 0.29) is 0 Å². The normalized spacial score (nSPS) is 10.6. The molecule has 122 valence electrons. The summed E-state index contributed by atoms with van der Waals surface area (Å²) in [5.74, 6) is 0. The lowest BCUT2D eigenvalue weighted by atomic mass is 10.1. The van der Waals surface area contributed by atoms with Gasteiger partial charge in [-0.1, -0.05) is 60.7 Å². The quantitative estimate of drug-likeness (QED) is 0.444. The smallest absolute Gasteiger partial charge is 0.0433 e. The molecule has 0 aliphatic carbocycles. The largest absolute Gasteiger partial charge is 0.363 e. The molecule has 0 amide bonds. The van der Waals surface area contributed by atoms with Crippen LogP contribution in [0.3, 0.4) is 0 Å². The Morgan fingerprint density at radius 2 is 1.21 bits per heavy atom. The minimum absolute atomic E-state index is 0.913. The summed E-state index contributed by atoms with van der Waals surface area (Å²) in [5.41, 5.74) is 6.66. The van der Waals surface area contributed by atoms with Gasteiger partial charge in [0.1, 0.15) is 0 Å². The van der Waals surface area contributed by atoms with E-state index in [2.05, 4.69) is 114 Å². The van der Waals surface area contributed by atoms with Crippen LogP contribution >= 0.6 is 22.6 Å². The van der Waals surface area contributed by atoms with Crippen molar-refractivity contribution in [3.8, 4) is 0 Å². The Balaban J connectivity index is 1.96. The molecule has 0 fully saturated rings. The third kappa shape index (κ3) is 4.18. The molecule has 0 atom stereocenters. The van der Waals surface area contributed by atoms with Crippen molar-refractivity contribution in [3.63, 3.8) is 0 Å². The first-order valence-corrected chi connectivity index (χ1v) is 9.31. The maximum Gasteiger partial charge on any atom is 0.0433 e. The van der Waals surface area contributed by atoms with Gasteiger partial charge in [0.15, 0.2) is 0 Å². The highest BCUT2D eigenvalue weighted by atomic mass is 127. The lowest BCUT2D eigenvalue weighted by Crippen LogP contribution is -2.23. The summed E-state index contributed by atoms with van der Waals surface area (Å²) in [4.78, 5) is 2.48. The monoisotopic (exact) mass is 427 g/mol. The van der Waals surface area contributed by atoms with E-state index in [9.17, 15) is 0 Å². The molecule has 3 aromatic rings. The topological polar surface area (TPSA) is 3.24 Å². The van der Waals surface area contributed by atoms with Crippen molar-refractivity contribution in [2.75, 3.05) is 4.90 Å². The summed E-state index contributed by atoms with van der Waals surface area (Å²) >= 11 is 2.42. The number of aryl methyl sites for hydroxylation is 2. The number of nitrogens with zero attached hydrogens (tertiary/aromatic N) is 1. The highest BCUT2D eigenvalue weighted by Gasteiger charge is 2.12. The van der Waals surface area contributed by atoms with Crippen LogP contribution in [-0.2, 0) is 13.1 Å². The maximum absolute atomic E-state index is 2.48. The van der Waals surface area contributed by atoms with Crippen molar-refractivity contribution in [2.45, 2.75) is 26.9 Å². The van der Waals surface area contributed by atoms with Crippen LogP contribution in [0.5, 0.6) is 0 Å². The summed E-state index contributed by atoms with van der Waals surface area (Å²) in [6.07, 6.45) is 0. The van der Waals surface area contributed by atoms with E-state index in [1.54, 1.807) is 0 Å². The fourth-order valence-electron chi connectivity index (χ4n) is 2.94. The summed E-state index contributed by atoms with van der Waals surface area (Å²) in [7, 11) is 0. The molecule has 0 radical (unpaired) electrons. The van der Waals surface area contributed by atoms with Gasteiger partial charge < -0.3 is 4.90 Å². The third-order valence-corrected chi connectivity index (χ3v) is 5.41. The van der Waals surface area contributed by atoms with Gasteiger partial charge in [-0.15, -0.1) is 0 Å². The van der Waals surface area contributed by atoms with Gasteiger partial charge in [-0.2, -0.15) is 0 Å². The molecule has 0 aliphatic rings. The molecule has 0 aliphatic heterocycles. The van der Waals surface area contributed by atoms with E-state index in [1.807, 2.05) is 0 Å². The van der Waals surface area contributed by atoms with Crippen LogP contribution in [-0.4, -0.2) is 0 Å². The van der Waals surface area contributed by atoms with Gasteiger partial charge in [-0.05, 0) is 70.8 Å². The molecule has 0 unspecified atom stereocenters. The highest BCUT2D eigenvalue weighted by Crippen LogP contribution is 2.28. The Bertz CT molecular complexity index is 755. The van der Waals surface area contributed by atoms with Gasteiger partial charge in [0, 0.05) is 22.3 Å². The number of halogens is 1. The molecule has 0 aromatic heterocycles. The first kappa shape index (κ1) is 17.0. The van der Waals surface area contributed by atoms with Gasteiger partial charge in [-0.25, -0.2) is 0 Å². The van der Waals surface area contributed by atoms with E-state index >= 15 is 0 Å². The van der Waals surface area contributed by atoms with Crippen molar-refractivity contribution in [1.29, 1.82) is 0 Å². The Labute approximate surface area is 158 Å². The predicted octanol–water partition coefficient (Wildman–Crippen LogP) is 6.11. The SMILES string of the molecule is Cc1cc(N(Cc2ccccc2)Cc2ccccc2)c(C)cc1I. The van der Waals surface area contributed by atoms with Crippen LogP contribution < -0.4 is 4.90 Å². The van der Waals surface area contributed by atoms with Crippen LogP contribution in [0.25, 0.3) is 0 Å². The zero-order valence-electron chi connectivity index (χ0n) is 14.2. The number of hydrogen-bond acceptors (Lipinski definition) is 1. The van der Waals surface area contributed by atoms with Gasteiger partial charge >= 0.3 is 0 Å². The van der Waals surface area contributed by atoms with E-state index in [4.69, 9.17) is 0 Å². The van der Waals surface area contributed by atoms with Gasteiger partial charge in [-0.3, -0.25) is 0 Å². The van der Waals surface area contributed by atoms with Crippen molar-refractivity contribution >= 4 is 28.3 Å². The lowest BCUT2D eigenvalue weighted by Gasteiger charge is -2.27. The second-order valence-corrected chi connectivity index (χ2v) is 7.38. The fourth-order valence-corrected chi connectivity index (χ4v) is 3.56. The molecule has 0 bridgehead atoms. The Kier molecular flexibility index (Phi) is 5.56. The van der Waals surface area contributed by atoms with E-state index in [0.29, 0.717) is 0 Å². The summed E-state index contributed by atoms with van der Waals surface area (Å²) in [6, 6.07) is 26.0. The fraction of sp³-hybridized carbons (Fsp3) is 0.182. The van der Waals surface area contributed by atoms with Crippen LogP contribution in [0.1, 0.15) is 22.3 Å². The Morgan fingerprint density at radius 3 is 1.71 bits per heavy atom. The third-order valence-electron chi connectivity index (χ3n) is 4.25. The number of rotatable bonds is 5. The van der Waals surface area contributed by atoms with Crippen LogP contribution in [0.2, 0.25) is 0 Å². The molecule has 0 saturated carbocycles. The molecule has 0 heterocycles. The van der Waals surface area contributed by atoms with Crippen molar-refractivity contribution < 1.29 is 0 Å². The first-order valence-electron chi connectivity index (χ1n) is 8.23. The average molecular weight is 427 g/mol. The predicted molar refractivity (Wildman–Crippen MR) is 111 cm³/mol. The van der Waals surface area contributed by atoms with E-state index in [0.717, 1.165) is 13.1 Å². The maximum atomic E-state index is 2.48. The molecule has 0 spiro atoms. The molecular weight excluding hydrogens is 405 g/mol. The molecule has 24 heavy (non-hydrogen) atoms. The first-order chi connectivity index (χ1) is 11.6. The summed E-state index contributed by atoms with van der Waals surface area (Å²) in [6.45, 7) is 6.22. The molecular formula is C22H22IN. The van der Waals surface area contributed by atoms with E-state index in [1.165, 1.54) is 31.5 Å². The minimum atomic E-state index is 0.913. The molecule has 3 rings (SSSR count). The van der Waals surface area contributed by atoms with Gasteiger partial charge in [0.2, 0.25) is 0 Å². The zero-order valence-corrected chi connectivity index (χ0v) is 16.3. The van der Waals surface area contributed by atoms with E-state index < -0.39 is 0 Å². The number of hydrogen-bond donors (Lipinski definition) is 0. The van der Waals surface area contributed by atoms with Crippen LogP contribution in [0, 0.1) is 17.4 Å². The molecule has 2 heteroatoms. The lowest BCUT2D eigenvalue weighted by molar-refractivity contribution is 0.795. The second kappa shape index (κ2) is 7.84. The van der Waals surface area contributed by atoms with Crippen molar-refractivity contribution in [2.24, 2.45) is 0 Å². The Morgan fingerprint density at radius 1 is 0.708 bits per heavy atom. The Hall–Kier alpha value is -1.81. The molecule has 0 N–H and O–H groups in total.